The van der Waals surface area contributed by atoms with Gasteiger partial charge >= 0.3 is 0 Å². The van der Waals surface area contributed by atoms with Gasteiger partial charge in [0.2, 0.25) is 0 Å². The highest BCUT2D eigenvalue weighted by molar-refractivity contribution is 6.03. The maximum absolute atomic E-state index is 12.6. The fourth-order valence-electron chi connectivity index (χ4n) is 2.78. The van der Waals surface area contributed by atoms with E-state index in [-0.39, 0.29) is 11.3 Å². The number of aromatic nitrogens is 1. The molecule has 0 spiro atoms. The largest absolute Gasteiger partial charge is 0.495 e. The molecule has 2 N–H and O–H groups in total. The lowest BCUT2D eigenvalue weighted by molar-refractivity contribution is 0.102. The summed E-state index contributed by atoms with van der Waals surface area (Å²) in [5.74, 6) is 0.469. The first kappa shape index (κ1) is 19.4. The number of nitrogens with one attached hydrogen (secondary N) is 2. The van der Waals surface area contributed by atoms with E-state index in [0.717, 1.165) is 22.8 Å². The molecule has 144 valence electrons. The van der Waals surface area contributed by atoms with Crippen LogP contribution in [0.25, 0.3) is 0 Å². The van der Waals surface area contributed by atoms with Crippen molar-refractivity contribution in [1.29, 1.82) is 0 Å². The van der Waals surface area contributed by atoms with Gasteiger partial charge in [-0.25, -0.2) is 0 Å². The smallest absolute Gasteiger partial charge is 0.274 e. The van der Waals surface area contributed by atoms with Gasteiger partial charge in [-0.3, -0.25) is 9.78 Å². The summed E-state index contributed by atoms with van der Waals surface area (Å²) in [6.07, 6.45) is 1.61. The molecule has 0 atom stereocenters. The van der Waals surface area contributed by atoms with E-state index in [2.05, 4.69) is 36.4 Å². The normalized spacial score (nSPS) is 11.0. The summed E-state index contributed by atoms with van der Waals surface area (Å²) in [6, 6.07) is 19.0. The van der Waals surface area contributed by atoms with Gasteiger partial charge in [0.25, 0.3) is 5.91 Å². The summed E-state index contributed by atoms with van der Waals surface area (Å²) in [4.78, 5) is 16.8. The lowest BCUT2D eigenvalue weighted by Gasteiger charge is -2.19. The molecule has 1 aromatic heterocycles. The number of carbonyl (C=O) groups is 1. The van der Waals surface area contributed by atoms with Gasteiger partial charge in [-0.1, -0.05) is 45.0 Å². The number of anilines is 3. The molecule has 0 aliphatic heterocycles. The molecule has 1 amide bonds. The quantitative estimate of drug-likeness (QED) is 0.628. The molecule has 1 heterocycles. The van der Waals surface area contributed by atoms with Crippen molar-refractivity contribution in [3.05, 3.63) is 78.1 Å². The van der Waals surface area contributed by atoms with Crippen LogP contribution in [0.1, 0.15) is 36.8 Å². The topological polar surface area (TPSA) is 63.2 Å². The van der Waals surface area contributed by atoms with Crippen LogP contribution in [0.5, 0.6) is 5.75 Å². The van der Waals surface area contributed by atoms with E-state index in [4.69, 9.17) is 4.74 Å². The van der Waals surface area contributed by atoms with Gasteiger partial charge in [-0.2, -0.15) is 0 Å². The Morgan fingerprint density at radius 3 is 2.36 bits per heavy atom. The molecule has 2 aromatic carbocycles. The molecule has 3 rings (SSSR count). The fourth-order valence-corrected chi connectivity index (χ4v) is 2.78. The number of pyridine rings is 1. The monoisotopic (exact) mass is 375 g/mol. The predicted molar refractivity (Wildman–Crippen MR) is 114 cm³/mol. The Kier molecular flexibility index (Phi) is 5.64. The Hall–Kier alpha value is -3.34. The number of hydrogen-bond donors (Lipinski definition) is 2. The summed E-state index contributed by atoms with van der Waals surface area (Å²) >= 11 is 0. The first-order valence-corrected chi connectivity index (χ1v) is 9.15. The van der Waals surface area contributed by atoms with Crippen LogP contribution in [0.4, 0.5) is 17.1 Å². The van der Waals surface area contributed by atoms with Gasteiger partial charge in [0.1, 0.15) is 11.4 Å². The summed E-state index contributed by atoms with van der Waals surface area (Å²) in [5, 5.41) is 6.16. The minimum Gasteiger partial charge on any atom is -0.495 e. The Labute approximate surface area is 165 Å². The number of para-hydroxylation sites is 2. The lowest BCUT2D eigenvalue weighted by atomic mass is 9.87. The van der Waals surface area contributed by atoms with Crippen molar-refractivity contribution in [1.82, 2.24) is 4.98 Å². The van der Waals surface area contributed by atoms with Crippen molar-refractivity contribution in [2.75, 3.05) is 17.7 Å². The molecule has 0 saturated heterocycles. The molecule has 0 radical (unpaired) electrons. The first-order valence-electron chi connectivity index (χ1n) is 9.15. The van der Waals surface area contributed by atoms with Crippen LogP contribution < -0.4 is 15.4 Å². The van der Waals surface area contributed by atoms with Crippen LogP contribution in [-0.4, -0.2) is 18.0 Å². The zero-order valence-electron chi connectivity index (χ0n) is 16.6. The third-order valence-electron chi connectivity index (χ3n) is 4.39. The van der Waals surface area contributed by atoms with E-state index in [1.807, 2.05) is 48.5 Å². The standard InChI is InChI=1S/C23H25N3O2/c1-23(2,3)16-9-11-17(12-10-16)26-22(27)20-15-18(13-14-24-20)25-19-7-5-6-8-21(19)28-4/h5-15H,1-4H3,(H,24,25)(H,26,27). The highest BCUT2D eigenvalue weighted by atomic mass is 16.5. The second kappa shape index (κ2) is 8.13. The molecule has 0 aliphatic carbocycles. The van der Waals surface area contributed by atoms with Gasteiger partial charge in [0.15, 0.2) is 0 Å². The molecular formula is C23H25N3O2. The van der Waals surface area contributed by atoms with E-state index in [1.54, 1.807) is 25.4 Å². The van der Waals surface area contributed by atoms with E-state index < -0.39 is 0 Å². The summed E-state index contributed by atoms with van der Waals surface area (Å²) in [6.45, 7) is 6.47. The molecule has 3 aromatic rings. The zero-order chi connectivity index (χ0) is 20.1. The Bertz CT molecular complexity index is 960. The number of rotatable bonds is 5. The highest BCUT2D eigenvalue weighted by Crippen LogP contribution is 2.27. The van der Waals surface area contributed by atoms with E-state index in [0.29, 0.717) is 5.69 Å². The van der Waals surface area contributed by atoms with Gasteiger partial charge in [0, 0.05) is 17.6 Å². The molecule has 0 saturated carbocycles. The number of carbonyl (C=O) groups excluding carboxylic acids is 1. The minimum absolute atomic E-state index is 0.0720. The van der Waals surface area contributed by atoms with Gasteiger partial charge in [-0.15, -0.1) is 0 Å². The second-order valence-corrected chi connectivity index (χ2v) is 7.54. The van der Waals surface area contributed by atoms with Gasteiger partial charge in [-0.05, 0) is 47.4 Å². The molecule has 0 bridgehead atoms. The van der Waals surface area contributed by atoms with Crippen molar-refractivity contribution in [2.24, 2.45) is 0 Å². The van der Waals surface area contributed by atoms with Crippen LogP contribution in [-0.2, 0) is 5.41 Å². The molecule has 0 unspecified atom stereocenters. The number of methoxy groups -OCH3 is 1. The second-order valence-electron chi connectivity index (χ2n) is 7.54. The van der Waals surface area contributed by atoms with Gasteiger partial charge < -0.3 is 15.4 Å². The molecule has 0 fully saturated rings. The summed E-state index contributed by atoms with van der Waals surface area (Å²) < 4.78 is 5.35. The van der Waals surface area contributed by atoms with Crippen LogP contribution in [0.2, 0.25) is 0 Å². The molecule has 5 heteroatoms. The summed E-state index contributed by atoms with van der Waals surface area (Å²) in [5.41, 5.74) is 3.94. The lowest BCUT2D eigenvalue weighted by Crippen LogP contribution is -2.15. The Balaban J connectivity index is 1.73. The molecular weight excluding hydrogens is 350 g/mol. The third kappa shape index (κ3) is 4.68. The number of nitrogens with zero attached hydrogens (tertiary/aromatic N) is 1. The van der Waals surface area contributed by atoms with E-state index >= 15 is 0 Å². The van der Waals surface area contributed by atoms with Crippen molar-refractivity contribution in [3.8, 4) is 5.75 Å². The zero-order valence-corrected chi connectivity index (χ0v) is 16.6. The predicted octanol–water partition coefficient (Wildman–Crippen LogP) is 5.38. The number of ether oxygens (including phenoxy) is 1. The maximum atomic E-state index is 12.6. The van der Waals surface area contributed by atoms with E-state index in [9.17, 15) is 4.79 Å². The number of benzene rings is 2. The van der Waals surface area contributed by atoms with Crippen molar-refractivity contribution >= 4 is 23.0 Å². The first-order chi connectivity index (χ1) is 13.4. The highest BCUT2D eigenvalue weighted by Gasteiger charge is 2.14. The maximum Gasteiger partial charge on any atom is 0.274 e. The molecule has 5 nitrogen and oxygen atoms in total. The molecule has 0 aliphatic rings. The Morgan fingerprint density at radius 2 is 1.68 bits per heavy atom. The minimum atomic E-state index is -0.257. The third-order valence-corrected chi connectivity index (χ3v) is 4.39. The molecule has 28 heavy (non-hydrogen) atoms. The number of amides is 1. The SMILES string of the molecule is COc1ccccc1Nc1ccnc(C(=O)Nc2ccc(C(C)(C)C)cc2)c1. The van der Waals surface area contributed by atoms with Crippen molar-refractivity contribution < 1.29 is 9.53 Å². The fraction of sp³-hybridized carbons (Fsp3) is 0.217. The van der Waals surface area contributed by atoms with Crippen molar-refractivity contribution in [2.45, 2.75) is 26.2 Å². The van der Waals surface area contributed by atoms with Crippen LogP contribution >= 0.6 is 0 Å². The average Bonchev–Trinajstić information content (AvgIpc) is 2.68. The van der Waals surface area contributed by atoms with E-state index in [1.165, 1.54) is 5.56 Å². The summed E-state index contributed by atoms with van der Waals surface area (Å²) in [7, 11) is 1.62. The van der Waals surface area contributed by atoms with Crippen LogP contribution in [0, 0.1) is 0 Å². The van der Waals surface area contributed by atoms with Crippen molar-refractivity contribution in [3.63, 3.8) is 0 Å². The van der Waals surface area contributed by atoms with Crippen LogP contribution in [0.3, 0.4) is 0 Å². The average molecular weight is 375 g/mol. The number of hydrogen-bond acceptors (Lipinski definition) is 4. The Morgan fingerprint density at radius 1 is 0.964 bits per heavy atom. The van der Waals surface area contributed by atoms with Gasteiger partial charge in [0.05, 0.1) is 12.8 Å². The van der Waals surface area contributed by atoms with Crippen LogP contribution in [0.15, 0.2) is 66.9 Å².